The molecule has 0 rings (SSSR count). The van der Waals surface area contributed by atoms with Crippen molar-refractivity contribution in [3.63, 3.8) is 0 Å². The Hall–Kier alpha value is -1.39. The number of hydrogen-bond acceptors (Lipinski definition) is 3. The number of nitrogens with one attached hydrogen (secondary N) is 1. The maximum absolute atomic E-state index is 12.5. The maximum atomic E-state index is 12.5. The first-order valence-electron chi connectivity index (χ1n) is 35.7. The van der Waals surface area contributed by atoms with Crippen molar-refractivity contribution >= 4 is 5.91 Å². The molecular weight excluding hydrogens is 939 g/mol. The van der Waals surface area contributed by atoms with E-state index in [4.69, 9.17) is 0 Å². The molecule has 0 heterocycles. The Morgan fingerprint density at radius 2 is 0.506 bits per heavy atom. The SMILES string of the molecule is CCCCCCCCCC/C=C\CCCCCCCCCCCCCCCCCCCCCCCCCCCC(=O)NC(CO)C(O)/C=C/CC/C=C/CCCCCCCCCCCCCCCCCCCCCCCC. The van der Waals surface area contributed by atoms with E-state index in [2.05, 4.69) is 43.5 Å². The number of carbonyl (C=O) groups is 1. The lowest BCUT2D eigenvalue weighted by Gasteiger charge is -2.19. The van der Waals surface area contributed by atoms with Crippen LogP contribution in [0.2, 0.25) is 0 Å². The van der Waals surface area contributed by atoms with Crippen LogP contribution < -0.4 is 5.32 Å². The second-order valence-corrected chi connectivity index (χ2v) is 24.6. The van der Waals surface area contributed by atoms with Crippen LogP contribution in [-0.2, 0) is 4.79 Å². The van der Waals surface area contributed by atoms with Gasteiger partial charge in [0.2, 0.25) is 5.91 Å². The van der Waals surface area contributed by atoms with Gasteiger partial charge in [0.1, 0.15) is 0 Å². The number of aliphatic hydroxyl groups excluding tert-OH is 2. The van der Waals surface area contributed by atoms with E-state index in [0.717, 1.165) is 32.1 Å². The van der Waals surface area contributed by atoms with E-state index in [1.807, 2.05) is 6.08 Å². The number of rotatable bonds is 67. The third-order valence-corrected chi connectivity index (χ3v) is 16.8. The standard InChI is InChI=1S/C73H141NO3/c1-3-5-7-9-11-13-15-17-19-21-23-25-27-29-31-33-34-35-36-37-38-39-40-41-43-45-47-49-51-53-55-57-59-61-63-65-67-69-73(77)74-71(70-75)72(76)68-66-64-62-60-58-56-54-52-50-48-46-44-42-32-30-28-26-24-22-20-18-16-14-12-10-8-6-4-2/h21,23,58,60,66,68,71-72,75-76H,3-20,22,24-57,59,61-65,67,69-70H2,1-2H3,(H,74,77)/b23-21-,60-58+,68-66+. The lowest BCUT2D eigenvalue weighted by atomic mass is 10.0. The monoisotopic (exact) mass is 1080 g/mol. The smallest absolute Gasteiger partial charge is 0.220 e. The van der Waals surface area contributed by atoms with Crippen LogP contribution >= 0.6 is 0 Å². The second kappa shape index (κ2) is 68.9. The minimum absolute atomic E-state index is 0.0649. The van der Waals surface area contributed by atoms with Crippen molar-refractivity contribution in [3.05, 3.63) is 36.5 Å². The van der Waals surface area contributed by atoms with E-state index in [9.17, 15) is 15.0 Å². The van der Waals surface area contributed by atoms with Crippen LogP contribution in [0.5, 0.6) is 0 Å². The van der Waals surface area contributed by atoms with Gasteiger partial charge in [-0.3, -0.25) is 4.79 Å². The van der Waals surface area contributed by atoms with Crippen LogP contribution in [0.25, 0.3) is 0 Å². The zero-order chi connectivity index (χ0) is 55.5. The van der Waals surface area contributed by atoms with Crippen molar-refractivity contribution in [2.75, 3.05) is 6.61 Å². The van der Waals surface area contributed by atoms with Crippen LogP contribution in [0, 0.1) is 0 Å². The summed E-state index contributed by atoms with van der Waals surface area (Å²) in [6.07, 6.45) is 95.4. The Labute approximate surface area is 484 Å². The van der Waals surface area contributed by atoms with Crippen molar-refractivity contribution in [2.45, 2.75) is 418 Å². The highest BCUT2D eigenvalue weighted by atomic mass is 16.3. The largest absolute Gasteiger partial charge is 0.394 e. The van der Waals surface area contributed by atoms with Crippen molar-refractivity contribution < 1.29 is 15.0 Å². The summed E-state index contributed by atoms with van der Waals surface area (Å²) in [7, 11) is 0. The molecule has 0 saturated heterocycles. The molecule has 2 atom stereocenters. The summed E-state index contributed by atoms with van der Waals surface area (Å²) in [4.78, 5) is 12.5. The molecule has 0 radical (unpaired) electrons. The van der Waals surface area contributed by atoms with Gasteiger partial charge in [-0.1, -0.05) is 378 Å². The number of carbonyl (C=O) groups excluding carboxylic acids is 1. The number of allylic oxidation sites excluding steroid dienone is 5. The van der Waals surface area contributed by atoms with E-state index < -0.39 is 12.1 Å². The minimum Gasteiger partial charge on any atom is -0.394 e. The van der Waals surface area contributed by atoms with Gasteiger partial charge in [0.15, 0.2) is 0 Å². The van der Waals surface area contributed by atoms with Crippen LogP contribution in [0.3, 0.4) is 0 Å². The van der Waals surface area contributed by atoms with E-state index >= 15 is 0 Å². The number of hydrogen-bond donors (Lipinski definition) is 3. The molecule has 2 unspecified atom stereocenters. The van der Waals surface area contributed by atoms with Gasteiger partial charge < -0.3 is 15.5 Å². The first-order chi connectivity index (χ1) is 38.2. The zero-order valence-electron chi connectivity index (χ0n) is 52.8. The van der Waals surface area contributed by atoms with Gasteiger partial charge in [-0.2, -0.15) is 0 Å². The van der Waals surface area contributed by atoms with Crippen LogP contribution in [0.1, 0.15) is 406 Å². The molecule has 0 bridgehead atoms. The number of amides is 1. The second-order valence-electron chi connectivity index (χ2n) is 24.6. The minimum atomic E-state index is -0.862. The van der Waals surface area contributed by atoms with Crippen molar-refractivity contribution in [2.24, 2.45) is 0 Å². The van der Waals surface area contributed by atoms with Crippen molar-refractivity contribution in [1.82, 2.24) is 5.32 Å². The first kappa shape index (κ1) is 75.6. The van der Waals surface area contributed by atoms with Gasteiger partial charge in [-0.05, 0) is 57.8 Å². The number of unbranched alkanes of at least 4 members (excludes halogenated alkanes) is 56. The molecule has 0 aromatic carbocycles. The average Bonchev–Trinajstić information content (AvgIpc) is 3.43. The zero-order valence-corrected chi connectivity index (χ0v) is 52.8. The lowest BCUT2D eigenvalue weighted by Crippen LogP contribution is -2.45. The Kier molecular flexibility index (Phi) is 67.6. The van der Waals surface area contributed by atoms with Crippen LogP contribution in [0.4, 0.5) is 0 Å². The van der Waals surface area contributed by atoms with Gasteiger partial charge >= 0.3 is 0 Å². The van der Waals surface area contributed by atoms with Gasteiger partial charge in [0.05, 0.1) is 18.8 Å². The molecule has 0 aromatic rings. The highest BCUT2D eigenvalue weighted by molar-refractivity contribution is 5.76. The summed E-state index contributed by atoms with van der Waals surface area (Å²) < 4.78 is 0. The summed E-state index contributed by atoms with van der Waals surface area (Å²) in [5.41, 5.74) is 0. The van der Waals surface area contributed by atoms with E-state index in [1.165, 1.54) is 353 Å². The van der Waals surface area contributed by atoms with E-state index in [0.29, 0.717) is 6.42 Å². The molecule has 0 aromatic heterocycles. The molecule has 0 fully saturated rings. The lowest BCUT2D eigenvalue weighted by molar-refractivity contribution is -0.123. The fourth-order valence-electron chi connectivity index (χ4n) is 11.4. The van der Waals surface area contributed by atoms with Crippen LogP contribution in [-0.4, -0.2) is 34.9 Å². The molecule has 4 heteroatoms. The summed E-state index contributed by atoms with van der Waals surface area (Å²) in [6, 6.07) is -0.639. The Morgan fingerprint density at radius 1 is 0.299 bits per heavy atom. The van der Waals surface area contributed by atoms with Crippen LogP contribution in [0.15, 0.2) is 36.5 Å². The van der Waals surface area contributed by atoms with Gasteiger partial charge in [0, 0.05) is 6.42 Å². The third kappa shape index (κ3) is 65.3. The maximum Gasteiger partial charge on any atom is 0.220 e. The highest BCUT2D eigenvalue weighted by Crippen LogP contribution is 2.19. The topological polar surface area (TPSA) is 69.6 Å². The summed E-state index contributed by atoms with van der Waals surface area (Å²) in [5, 5.41) is 23.3. The normalized spacial score (nSPS) is 12.8. The Morgan fingerprint density at radius 3 is 0.753 bits per heavy atom. The molecule has 4 nitrogen and oxygen atoms in total. The molecule has 0 aliphatic carbocycles. The summed E-state index contributed by atoms with van der Waals surface area (Å²) >= 11 is 0. The molecular formula is C73H141NO3. The molecule has 1 amide bonds. The third-order valence-electron chi connectivity index (χ3n) is 16.8. The molecule has 77 heavy (non-hydrogen) atoms. The van der Waals surface area contributed by atoms with Gasteiger partial charge in [0.25, 0.3) is 0 Å². The predicted octanol–water partition coefficient (Wildman–Crippen LogP) is 24.3. The molecule has 3 N–H and O–H groups in total. The van der Waals surface area contributed by atoms with Crippen molar-refractivity contribution in [3.8, 4) is 0 Å². The molecule has 0 aliphatic heterocycles. The average molecular weight is 1080 g/mol. The quantitative estimate of drug-likeness (QED) is 0.0420. The van der Waals surface area contributed by atoms with Gasteiger partial charge in [-0.15, -0.1) is 0 Å². The highest BCUT2D eigenvalue weighted by Gasteiger charge is 2.18. The first-order valence-corrected chi connectivity index (χ1v) is 35.7. The molecule has 0 aliphatic rings. The molecule has 0 saturated carbocycles. The summed E-state index contributed by atoms with van der Waals surface area (Å²) in [6.45, 7) is 4.35. The Bertz CT molecular complexity index is 1180. The Balaban J connectivity index is 3.42. The van der Waals surface area contributed by atoms with E-state index in [-0.39, 0.29) is 12.5 Å². The number of aliphatic hydroxyl groups is 2. The fourth-order valence-corrected chi connectivity index (χ4v) is 11.4. The predicted molar refractivity (Wildman–Crippen MR) is 345 cm³/mol. The van der Waals surface area contributed by atoms with E-state index in [1.54, 1.807) is 6.08 Å². The molecule has 456 valence electrons. The van der Waals surface area contributed by atoms with Gasteiger partial charge in [-0.25, -0.2) is 0 Å². The van der Waals surface area contributed by atoms with Crippen molar-refractivity contribution in [1.29, 1.82) is 0 Å². The molecule has 0 spiro atoms. The fraction of sp³-hybridized carbons (Fsp3) is 0.904. The summed E-state index contributed by atoms with van der Waals surface area (Å²) in [5.74, 6) is -0.0649.